The molecule has 0 aliphatic carbocycles. The molecule has 1 N–H and O–H groups in total. The summed E-state index contributed by atoms with van der Waals surface area (Å²) in [5, 5.41) is 0. The van der Waals surface area contributed by atoms with E-state index in [0.717, 1.165) is 0 Å². The average molecular weight is 344 g/mol. The third kappa shape index (κ3) is 4.05. The van der Waals surface area contributed by atoms with Crippen LogP contribution in [0.25, 0.3) is 0 Å². The molecule has 128 valence electrons. The lowest BCUT2D eigenvalue weighted by Crippen LogP contribution is -2.29. The van der Waals surface area contributed by atoms with Gasteiger partial charge in [-0.3, -0.25) is 0 Å². The second kappa shape index (κ2) is 7.05. The van der Waals surface area contributed by atoms with E-state index in [9.17, 15) is 13.2 Å². The molecule has 1 aliphatic rings. The van der Waals surface area contributed by atoms with Crippen LogP contribution < -0.4 is 14.2 Å². The number of nitrogens with zero attached hydrogens (tertiary/aromatic N) is 1. The van der Waals surface area contributed by atoms with E-state index in [1.165, 1.54) is 31.3 Å². The Bertz CT molecular complexity index is 676. The van der Waals surface area contributed by atoms with Crippen LogP contribution in [-0.2, 0) is 14.8 Å². The predicted octanol–water partition coefficient (Wildman–Crippen LogP) is 0.823. The number of hydrogen-bond donors (Lipinski definition) is 1. The second-order valence-electron chi connectivity index (χ2n) is 5.09. The molecule has 2 rings (SSSR count). The number of hydrogen-bond acceptors (Lipinski definition) is 6. The minimum atomic E-state index is -3.76. The number of likely N-dealkylation sites (N-methyl/N-ethyl adjacent to an activating group) is 1. The molecule has 1 unspecified atom stereocenters. The summed E-state index contributed by atoms with van der Waals surface area (Å²) in [5.74, 6) is 0.642. The monoisotopic (exact) mass is 344 g/mol. The van der Waals surface area contributed by atoms with Gasteiger partial charge in [-0.15, -0.1) is 0 Å². The van der Waals surface area contributed by atoms with Crippen LogP contribution in [0.3, 0.4) is 0 Å². The van der Waals surface area contributed by atoms with E-state index in [2.05, 4.69) is 4.72 Å². The van der Waals surface area contributed by atoms with Gasteiger partial charge in [-0.2, -0.15) is 0 Å². The van der Waals surface area contributed by atoms with E-state index in [1.54, 1.807) is 13.1 Å². The van der Waals surface area contributed by atoms with Gasteiger partial charge in [0.15, 0.2) is 0 Å². The van der Waals surface area contributed by atoms with E-state index in [1.807, 2.05) is 0 Å². The molecule has 23 heavy (non-hydrogen) atoms. The van der Waals surface area contributed by atoms with Crippen molar-refractivity contribution in [1.29, 1.82) is 0 Å². The van der Waals surface area contributed by atoms with Gasteiger partial charge in [-0.25, -0.2) is 17.9 Å². The standard InChI is InChI=1S/C14H20N2O6S/c1-16-9-11(22-14(16)17)6-7-15-23(18,19)13-8-10(20-2)4-5-12(13)21-3/h4-5,8,11,15H,6-7,9H2,1-3H3. The van der Waals surface area contributed by atoms with Crippen LogP contribution >= 0.6 is 0 Å². The number of amides is 1. The number of benzene rings is 1. The topological polar surface area (TPSA) is 94.2 Å². The summed E-state index contributed by atoms with van der Waals surface area (Å²) >= 11 is 0. The fraction of sp³-hybridized carbons (Fsp3) is 0.500. The first-order valence-corrected chi connectivity index (χ1v) is 8.49. The van der Waals surface area contributed by atoms with Crippen molar-refractivity contribution in [3.8, 4) is 11.5 Å². The molecule has 1 atom stereocenters. The molecule has 1 amide bonds. The van der Waals surface area contributed by atoms with Crippen LogP contribution in [0.1, 0.15) is 6.42 Å². The minimum Gasteiger partial charge on any atom is -0.497 e. The van der Waals surface area contributed by atoms with Crippen LogP contribution in [0.4, 0.5) is 4.79 Å². The van der Waals surface area contributed by atoms with Crippen LogP contribution in [0.2, 0.25) is 0 Å². The number of carbonyl (C=O) groups is 1. The number of nitrogens with one attached hydrogen (secondary N) is 1. The molecule has 1 aromatic rings. The van der Waals surface area contributed by atoms with E-state index in [0.29, 0.717) is 18.7 Å². The van der Waals surface area contributed by atoms with Crippen molar-refractivity contribution in [1.82, 2.24) is 9.62 Å². The zero-order valence-corrected chi connectivity index (χ0v) is 14.1. The van der Waals surface area contributed by atoms with Crippen molar-refractivity contribution < 1.29 is 27.4 Å². The normalized spacial score (nSPS) is 18.0. The van der Waals surface area contributed by atoms with Gasteiger partial charge in [0.25, 0.3) is 0 Å². The van der Waals surface area contributed by atoms with Gasteiger partial charge in [0.05, 0.1) is 20.8 Å². The highest BCUT2D eigenvalue weighted by atomic mass is 32.2. The Balaban J connectivity index is 2.03. The number of carbonyl (C=O) groups excluding carboxylic acids is 1. The van der Waals surface area contributed by atoms with Gasteiger partial charge in [0.2, 0.25) is 10.0 Å². The van der Waals surface area contributed by atoms with Crippen molar-refractivity contribution in [2.24, 2.45) is 0 Å². The number of sulfonamides is 1. The second-order valence-corrected chi connectivity index (χ2v) is 6.82. The van der Waals surface area contributed by atoms with E-state index < -0.39 is 16.1 Å². The smallest absolute Gasteiger partial charge is 0.409 e. The highest BCUT2D eigenvalue weighted by molar-refractivity contribution is 7.89. The van der Waals surface area contributed by atoms with Gasteiger partial charge in [0, 0.05) is 19.7 Å². The lowest BCUT2D eigenvalue weighted by Gasteiger charge is -2.13. The molecule has 9 heteroatoms. The summed E-state index contributed by atoms with van der Waals surface area (Å²) in [6.07, 6.45) is -0.323. The molecule has 0 saturated carbocycles. The Morgan fingerprint density at radius 1 is 1.35 bits per heavy atom. The Morgan fingerprint density at radius 3 is 2.65 bits per heavy atom. The first-order valence-electron chi connectivity index (χ1n) is 7.01. The summed E-state index contributed by atoms with van der Waals surface area (Å²) < 4.78 is 42.5. The van der Waals surface area contributed by atoms with Crippen molar-refractivity contribution in [2.45, 2.75) is 17.4 Å². The molecule has 1 aromatic carbocycles. The molecule has 1 fully saturated rings. The van der Waals surface area contributed by atoms with Crippen molar-refractivity contribution in [2.75, 3.05) is 34.4 Å². The molecule has 0 radical (unpaired) electrons. The molecule has 0 spiro atoms. The summed E-state index contributed by atoms with van der Waals surface area (Å²) in [4.78, 5) is 12.7. The first kappa shape index (κ1) is 17.4. The molecule has 0 bridgehead atoms. The summed E-state index contributed by atoms with van der Waals surface area (Å²) in [7, 11) is 0.721. The predicted molar refractivity (Wildman–Crippen MR) is 82.3 cm³/mol. The molecule has 1 saturated heterocycles. The van der Waals surface area contributed by atoms with Gasteiger partial charge in [-0.1, -0.05) is 0 Å². The quantitative estimate of drug-likeness (QED) is 0.787. The lowest BCUT2D eigenvalue weighted by molar-refractivity contribution is 0.131. The molecular weight excluding hydrogens is 324 g/mol. The maximum absolute atomic E-state index is 12.4. The maximum atomic E-state index is 12.4. The Hall–Kier alpha value is -2.00. The number of ether oxygens (including phenoxy) is 3. The Kier molecular flexibility index (Phi) is 5.32. The Labute approximate surface area is 135 Å². The fourth-order valence-corrected chi connectivity index (χ4v) is 3.46. The summed E-state index contributed by atoms with van der Waals surface area (Å²) in [5.41, 5.74) is 0. The lowest BCUT2D eigenvalue weighted by atomic mass is 10.2. The Morgan fingerprint density at radius 2 is 2.09 bits per heavy atom. The van der Waals surface area contributed by atoms with Gasteiger partial charge >= 0.3 is 6.09 Å². The SMILES string of the molecule is COc1ccc(OC)c(S(=O)(=O)NCCC2CN(C)C(=O)O2)c1. The van der Waals surface area contributed by atoms with Crippen LogP contribution in [0.5, 0.6) is 11.5 Å². The zero-order valence-electron chi connectivity index (χ0n) is 13.2. The maximum Gasteiger partial charge on any atom is 0.409 e. The van der Waals surface area contributed by atoms with Crippen LogP contribution in [-0.4, -0.2) is 59.9 Å². The van der Waals surface area contributed by atoms with Gasteiger partial charge in [-0.05, 0) is 18.6 Å². The summed E-state index contributed by atoms with van der Waals surface area (Å²) in [6.45, 7) is 0.595. The third-order valence-corrected chi connectivity index (χ3v) is 4.96. The molecular formula is C14H20N2O6S. The molecule has 1 heterocycles. The van der Waals surface area contributed by atoms with Crippen molar-refractivity contribution in [3.05, 3.63) is 18.2 Å². The van der Waals surface area contributed by atoms with Crippen LogP contribution in [0.15, 0.2) is 23.1 Å². The number of methoxy groups -OCH3 is 2. The third-order valence-electron chi connectivity index (χ3n) is 3.48. The van der Waals surface area contributed by atoms with Gasteiger partial charge in [0.1, 0.15) is 22.5 Å². The van der Waals surface area contributed by atoms with E-state index >= 15 is 0 Å². The highest BCUT2D eigenvalue weighted by Gasteiger charge is 2.28. The minimum absolute atomic E-state index is 0.000107. The summed E-state index contributed by atoms with van der Waals surface area (Å²) in [6, 6.07) is 4.54. The fourth-order valence-electron chi connectivity index (χ4n) is 2.23. The number of rotatable bonds is 7. The van der Waals surface area contributed by atoms with E-state index in [-0.39, 0.29) is 23.3 Å². The largest absolute Gasteiger partial charge is 0.497 e. The highest BCUT2D eigenvalue weighted by Crippen LogP contribution is 2.28. The average Bonchev–Trinajstić information content (AvgIpc) is 2.84. The molecule has 0 aromatic heterocycles. The molecule has 1 aliphatic heterocycles. The van der Waals surface area contributed by atoms with Crippen molar-refractivity contribution in [3.63, 3.8) is 0 Å². The van der Waals surface area contributed by atoms with Gasteiger partial charge < -0.3 is 19.1 Å². The van der Waals surface area contributed by atoms with Crippen LogP contribution in [0, 0.1) is 0 Å². The number of cyclic esters (lactones) is 1. The molecule has 8 nitrogen and oxygen atoms in total. The van der Waals surface area contributed by atoms with Crippen molar-refractivity contribution >= 4 is 16.1 Å². The zero-order chi connectivity index (χ0) is 17.0. The van der Waals surface area contributed by atoms with E-state index in [4.69, 9.17) is 14.2 Å². The first-order chi connectivity index (χ1) is 10.9.